The van der Waals surface area contributed by atoms with Crippen LogP contribution in [0.5, 0.6) is 0 Å². The van der Waals surface area contributed by atoms with Crippen LogP contribution in [0.15, 0.2) is 72.8 Å². The lowest BCUT2D eigenvalue weighted by atomic mass is 9.77. The first-order chi connectivity index (χ1) is 16.0. The number of benzene rings is 3. The Balaban J connectivity index is 1.28. The number of piperidine rings is 1. The Morgan fingerprint density at radius 3 is 1.79 bits per heavy atom. The number of likely N-dealkylation sites (tertiary alicyclic amines) is 2. The molecule has 172 valence electrons. The molecule has 0 radical (unpaired) electrons. The van der Waals surface area contributed by atoms with Gasteiger partial charge in [-0.1, -0.05) is 48.0 Å². The maximum atomic E-state index is 13.6. The Bertz CT molecular complexity index is 1010. The Morgan fingerprint density at radius 1 is 0.727 bits per heavy atom. The minimum atomic E-state index is -0.235. The number of nitrogens with zero attached hydrogens (tertiary/aromatic N) is 2. The summed E-state index contributed by atoms with van der Waals surface area (Å²) < 4.78 is 27.2. The van der Waals surface area contributed by atoms with Crippen molar-refractivity contribution in [1.82, 2.24) is 9.80 Å². The second kappa shape index (κ2) is 9.54. The van der Waals surface area contributed by atoms with Gasteiger partial charge in [0.05, 0.1) is 6.04 Å². The van der Waals surface area contributed by atoms with E-state index in [1.165, 1.54) is 36.2 Å². The maximum absolute atomic E-state index is 13.6. The lowest BCUT2D eigenvalue weighted by Crippen LogP contribution is -2.43. The predicted molar refractivity (Wildman–Crippen MR) is 129 cm³/mol. The summed E-state index contributed by atoms with van der Waals surface area (Å²) in [5.74, 6) is -0.470. The average Bonchev–Trinajstić information content (AvgIpc) is 3.21. The van der Waals surface area contributed by atoms with Crippen molar-refractivity contribution >= 4 is 11.6 Å². The van der Waals surface area contributed by atoms with Crippen LogP contribution in [0.4, 0.5) is 8.78 Å². The Kier molecular flexibility index (Phi) is 6.51. The fraction of sp³-hybridized carbons (Fsp3) is 0.357. The van der Waals surface area contributed by atoms with Crippen LogP contribution in [-0.2, 0) is 6.54 Å². The molecule has 5 heteroatoms. The van der Waals surface area contributed by atoms with E-state index in [2.05, 4.69) is 21.9 Å². The fourth-order valence-corrected chi connectivity index (χ4v) is 5.71. The van der Waals surface area contributed by atoms with Crippen LogP contribution in [-0.4, -0.2) is 36.0 Å². The molecule has 2 saturated heterocycles. The molecule has 2 aliphatic rings. The van der Waals surface area contributed by atoms with Crippen LogP contribution in [0, 0.1) is 17.0 Å². The predicted octanol–water partition coefficient (Wildman–Crippen LogP) is 6.70. The van der Waals surface area contributed by atoms with Crippen LogP contribution >= 0.6 is 11.6 Å². The van der Waals surface area contributed by atoms with Gasteiger partial charge in [-0.3, -0.25) is 9.80 Å². The van der Waals surface area contributed by atoms with Gasteiger partial charge in [-0.15, -0.1) is 0 Å². The van der Waals surface area contributed by atoms with Gasteiger partial charge in [0.1, 0.15) is 11.6 Å². The normalized spacial score (nSPS) is 18.9. The van der Waals surface area contributed by atoms with Gasteiger partial charge in [-0.05, 0) is 97.4 Å². The number of halogens is 3. The van der Waals surface area contributed by atoms with E-state index in [-0.39, 0.29) is 17.7 Å². The van der Waals surface area contributed by atoms with Gasteiger partial charge < -0.3 is 0 Å². The number of hydrogen-bond acceptors (Lipinski definition) is 2. The quantitative estimate of drug-likeness (QED) is 0.413. The SMILES string of the molecule is Fc1ccc(C(c2ccc(F)cc2)N2CCC3(CCN(Cc4ccc(Cl)cc4)C3)CC2)cc1. The van der Waals surface area contributed by atoms with Crippen molar-refractivity contribution < 1.29 is 8.78 Å². The summed E-state index contributed by atoms with van der Waals surface area (Å²) in [6, 6.07) is 21.7. The van der Waals surface area contributed by atoms with Crippen LogP contribution in [0.3, 0.4) is 0 Å². The second-order valence-electron chi connectivity index (χ2n) is 9.63. The van der Waals surface area contributed by atoms with E-state index in [9.17, 15) is 8.78 Å². The molecule has 0 amide bonds. The van der Waals surface area contributed by atoms with Crippen molar-refractivity contribution in [2.24, 2.45) is 5.41 Å². The zero-order valence-electron chi connectivity index (χ0n) is 18.7. The summed E-state index contributed by atoms with van der Waals surface area (Å²) >= 11 is 6.03. The zero-order chi connectivity index (χ0) is 22.8. The summed E-state index contributed by atoms with van der Waals surface area (Å²) in [5.41, 5.74) is 3.77. The van der Waals surface area contributed by atoms with Crippen molar-refractivity contribution in [2.45, 2.75) is 31.8 Å². The summed E-state index contributed by atoms with van der Waals surface area (Å²) in [6.07, 6.45) is 3.51. The molecule has 0 unspecified atom stereocenters. The largest absolute Gasteiger partial charge is 0.299 e. The molecule has 1 spiro atoms. The third kappa shape index (κ3) is 5.13. The van der Waals surface area contributed by atoms with Gasteiger partial charge >= 0.3 is 0 Å². The second-order valence-corrected chi connectivity index (χ2v) is 10.1. The average molecular weight is 467 g/mol. The van der Waals surface area contributed by atoms with E-state index in [4.69, 9.17) is 11.6 Å². The van der Waals surface area contributed by atoms with E-state index >= 15 is 0 Å². The standard InChI is InChI=1S/C28H29ClF2N2/c29-24-7-1-21(2-8-24)19-32-16-13-28(20-32)14-17-33(18-15-28)27(22-3-9-25(30)10-4-22)23-5-11-26(31)12-6-23/h1-12,27H,13-20H2. The molecule has 2 nitrogen and oxygen atoms in total. The Morgan fingerprint density at radius 2 is 1.24 bits per heavy atom. The first-order valence-electron chi connectivity index (χ1n) is 11.7. The first-order valence-corrected chi connectivity index (χ1v) is 12.1. The summed E-state index contributed by atoms with van der Waals surface area (Å²) in [6.45, 7) is 5.18. The Hall–Kier alpha value is -2.27. The number of rotatable bonds is 5. The van der Waals surface area contributed by atoms with E-state index < -0.39 is 0 Å². The molecule has 3 aromatic rings. The van der Waals surface area contributed by atoms with Crippen molar-refractivity contribution in [3.8, 4) is 0 Å². The lowest BCUT2D eigenvalue weighted by Gasteiger charge is -2.43. The third-order valence-electron chi connectivity index (χ3n) is 7.43. The first kappa shape index (κ1) is 22.5. The highest BCUT2D eigenvalue weighted by molar-refractivity contribution is 6.30. The van der Waals surface area contributed by atoms with Crippen molar-refractivity contribution in [1.29, 1.82) is 0 Å². The molecular formula is C28H29ClF2N2. The Labute approximate surface area is 199 Å². The molecule has 0 aliphatic carbocycles. The molecule has 0 bridgehead atoms. The zero-order valence-corrected chi connectivity index (χ0v) is 19.4. The van der Waals surface area contributed by atoms with Crippen LogP contribution in [0.2, 0.25) is 5.02 Å². The van der Waals surface area contributed by atoms with Gasteiger partial charge in [0.15, 0.2) is 0 Å². The summed E-state index contributed by atoms with van der Waals surface area (Å²) in [4.78, 5) is 5.05. The van der Waals surface area contributed by atoms with E-state index in [1.807, 2.05) is 36.4 Å². The summed E-state index contributed by atoms with van der Waals surface area (Å²) in [5, 5.41) is 0.779. The lowest BCUT2D eigenvalue weighted by molar-refractivity contribution is 0.0868. The molecule has 5 rings (SSSR count). The van der Waals surface area contributed by atoms with Crippen LogP contribution < -0.4 is 0 Å². The van der Waals surface area contributed by atoms with Gasteiger partial charge in [-0.25, -0.2) is 8.78 Å². The smallest absolute Gasteiger partial charge is 0.123 e. The highest BCUT2D eigenvalue weighted by atomic mass is 35.5. The molecule has 0 aromatic heterocycles. The van der Waals surface area contributed by atoms with Crippen LogP contribution in [0.1, 0.15) is 42.0 Å². The van der Waals surface area contributed by atoms with Crippen molar-refractivity contribution in [3.05, 3.63) is 106 Å². The topological polar surface area (TPSA) is 6.48 Å². The minimum absolute atomic E-state index is 0.00937. The molecule has 0 atom stereocenters. The highest BCUT2D eigenvalue weighted by Gasteiger charge is 2.41. The minimum Gasteiger partial charge on any atom is -0.299 e. The maximum Gasteiger partial charge on any atom is 0.123 e. The molecule has 0 saturated carbocycles. The monoisotopic (exact) mass is 466 g/mol. The van der Waals surface area contributed by atoms with E-state index in [0.29, 0.717) is 5.41 Å². The van der Waals surface area contributed by atoms with Crippen molar-refractivity contribution in [3.63, 3.8) is 0 Å². The molecule has 2 fully saturated rings. The molecule has 2 heterocycles. The third-order valence-corrected chi connectivity index (χ3v) is 7.68. The van der Waals surface area contributed by atoms with Gasteiger partial charge in [-0.2, -0.15) is 0 Å². The molecule has 2 aliphatic heterocycles. The van der Waals surface area contributed by atoms with E-state index in [1.54, 1.807) is 0 Å². The molecule has 33 heavy (non-hydrogen) atoms. The van der Waals surface area contributed by atoms with Crippen molar-refractivity contribution in [2.75, 3.05) is 26.2 Å². The van der Waals surface area contributed by atoms with Crippen LogP contribution in [0.25, 0.3) is 0 Å². The van der Waals surface area contributed by atoms with E-state index in [0.717, 1.165) is 61.7 Å². The summed E-state index contributed by atoms with van der Waals surface area (Å²) in [7, 11) is 0. The fourth-order valence-electron chi connectivity index (χ4n) is 5.58. The van der Waals surface area contributed by atoms with Gasteiger partial charge in [0.25, 0.3) is 0 Å². The number of hydrogen-bond donors (Lipinski definition) is 0. The van der Waals surface area contributed by atoms with Gasteiger partial charge in [0, 0.05) is 18.1 Å². The van der Waals surface area contributed by atoms with Gasteiger partial charge in [0.2, 0.25) is 0 Å². The molecule has 0 N–H and O–H groups in total. The highest BCUT2D eigenvalue weighted by Crippen LogP contribution is 2.43. The molecule has 3 aromatic carbocycles. The molecular weight excluding hydrogens is 438 g/mol.